The number of nitrogens with zero attached hydrogens (tertiary/aromatic N) is 1. The van der Waals surface area contributed by atoms with Crippen LogP contribution in [0.25, 0.3) is 0 Å². The second-order valence-electron chi connectivity index (χ2n) is 5.29. The Hall–Kier alpha value is -0.520. The smallest absolute Gasteiger partial charge is 0.233 e. The Kier molecular flexibility index (Phi) is 5.52. The van der Waals surface area contributed by atoms with E-state index >= 15 is 0 Å². The van der Waals surface area contributed by atoms with Crippen LogP contribution in [0.3, 0.4) is 0 Å². The lowest BCUT2D eigenvalue weighted by Gasteiger charge is -2.30. The highest BCUT2D eigenvalue weighted by Gasteiger charge is 2.22. The number of halogens is 1. The van der Waals surface area contributed by atoms with Gasteiger partial charge in [0.15, 0.2) is 0 Å². The Morgan fingerprint density at radius 2 is 2.20 bits per heavy atom. The van der Waals surface area contributed by atoms with Crippen molar-refractivity contribution >= 4 is 33.6 Å². The van der Waals surface area contributed by atoms with Crippen molar-refractivity contribution in [2.45, 2.75) is 37.7 Å². The van der Waals surface area contributed by atoms with Crippen LogP contribution < -0.4 is 0 Å². The molecule has 1 N–H and O–H groups in total. The van der Waals surface area contributed by atoms with E-state index in [9.17, 15) is 9.90 Å². The minimum absolute atomic E-state index is 0.119. The molecule has 1 saturated heterocycles. The summed E-state index contributed by atoms with van der Waals surface area (Å²) in [4.78, 5) is 15.1. The van der Waals surface area contributed by atoms with Crippen LogP contribution in [0.4, 0.5) is 0 Å². The van der Waals surface area contributed by atoms with Gasteiger partial charge in [0.1, 0.15) is 0 Å². The molecule has 0 aromatic heterocycles. The third-order valence-electron chi connectivity index (χ3n) is 3.56. The second-order valence-corrected chi connectivity index (χ2v) is 7.16. The molecular weight excluding hydrogens is 338 g/mol. The molecule has 1 aromatic carbocycles. The van der Waals surface area contributed by atoms with E-state index in [4.69, 9.17) is 0 Å². The van der Waals surface area contributed by atoms with E-state index in [-0.39, 0.29) is 12.0 Å². The maximum absolute atomic E-state index is 12.2. The first kappa shape index (κ1) is 15.9. The summed E-state index contributed by atoms with van der Waals surface area (Å²) in [5.41, 5.74) is 2.36. The topological polar surface area (TPSA) is 40.5 Å². The number of amides is 1. The van der Waals surface area contributed by atoms with Crippen molar-refractivity contribution in [2.24, 2.45) is 0 Å². The van der Waals surface area contributed by atoms with Gasteiger partial charge in [0, 0.05) is 22.5 Å². The zero-order chi connectivity index (χ0) is 14.7. The zero-order valence-corrected chi connectivity index (χ0v) is 14.3. The number of aliphatic hydroxyl groups excluding tert-OH is 1. The molecule has 0 spiro atoms. The molecule has 0 unspecified atom stereocenters. The van der Waals surface area contributed by atoms with Crippen molar-refractivity contribution in [2.75, 3.05) is 18.8 Å². The first-order valence-electron chi connectivity index (χ1n) is 6.82. The number of piperidine rings is 1. The molecule has 1 amide bonds. The first-order chi connectivity index (χ1) is 9.47. The van der Waals surface area contributed by atoms with Gasteiger partial charge in [0.25, 0.3) is 0 Å². The van der Waals surface area contributed by atoms with Crippen molar-refractivity contribution in [1.82, 2.24) is 4.90 Å². The Morgan fingerprint density at radius 1 is 1.45 bits per heavy atom. The van der Waals surface area contributed by atoms with Crippen LogP contribution in [0.15, 0.2) is 21.5 Å². The predicted octanol–water partition coefficient (Wildman–Crippen LogP) is 3.14. The standard InChI is InChI=1S/C15H20BrNO2S/c1-10-7-14(11(2)6-13(10)16)20-9-15(19)17-5-3-4-12(18)8-17/h6-7,12,18H,3-5,8-9H2,1-2H3/t12-/m0/s1. The van der Waals surface area contributed by atoms with E-state index in [0.29, 0.717) is 12.3 Å². The Morgan fingerprint density at radius 3 is 2.90 bits per heavy atom. The monoisotopic (exact) mass is 357 g/mol. The molecule has 1 aromatic rings. The molecule has 0 saturated carbocycles. The number of carbonyl (C=O) groups excluding carboxylic acids is 1. The number of aryl methyl sites for hydroxylation is 2. The number of aliphatic hydroxyl groups is 1. The molecule has 1 fully saturated rings. The molecule has 20 heavy (non-hydrogen) atoms. The lowest BCUT2D eigenvalue weighted by molar-refractivity contribution is -0.131. The van der Waals surface area contributed by atoms with Gasteiger partial charge < -0.3 is 10.0 Å². The Balaban J connectivity index is 1.95. The van der Waals surface area contributed by atoms with Gasteiger partial charge in [0.05, 0.1) is 11.9 Å². The molecule has 1 atom stereocenters. The molecule has 1 aliphatic rings. The maximum Gasteiger partial charge on any atom is 0.233 e. The number of hydrogen-bond acceptors (Lipinski definition) is 3. The minimum Gasteiger partial charge on any atom is -0.391 e. The summed E-state index contributed by atoms with van der Waals surface area (Å²) in [6.07, 6.45) is 1.35. The van der Waals surface area contributed by atoms with E-state index in [1.165, 1.54) is 11.1 Å². The maximum atomic E-state index is 12.2. The van der Waals surface area contributed by atoms with Crippen molar-refractivity contribution < 1.29 is 9.90 Å². The van der Waals surface area contributed by atoms with Gasteiger partial charge in [-0.1, -0.05) is 15.9 Å². The van der Waals surface area contributed by atoms with Crippen molar-refractivity contribution in [3.8, 4) is 0 Å². The summed E-state index contributed by atoms with van der Waals surface area (Å²) in [5, 5.41) is 9.62. The van der Waals surface area contributed by atoms with Crippen LogP contribution in [-0.2, 0) is 4.79 Å². The molecule has 2 rings (SSSR count). The molecule has 0 bridgehead atoms. The summed E-state index contributed by atoms with van der Waals surface area (Å²) < 4.78 is 1.10. The van der Waals surface area contributed by atoms with Crippen LogP contribution in [-0.4, -0.2) is 40.9 Å². The number of thioether (sulfide) groups is 1. The summed E-state index contributed by atoms with van der Waals surface area (Å²) in [6.45, 7) is 5.37. The van der Waals surface area contributed by atoms with Crippen molar-refractivity contribution in [3.63, 3.8) is 0 Å². The number of benzene rings is 1. The minimum atomic E-state index is -0.352. The van der Waals surface area contributed by atoms with Gasteiger partial charge in [-0.05, 0) is 49.9 Å². The highest BCUT2D eigenvalue weighted by Crippen LogP contribution is 2.28. The summed E-state index contributed by atoms with van der Waals surface area (Å²) >= 11 is 5.10. The van der Waals surface area contributed by atoms with Crippen LogP contribution >= 0.6 is 27.7 Å². The lowest BCUT2D eigenvalue weighted by Crippen LogP contribution is -2.42. The van der Waals surface area contributed by atoms with E-state index in [2.05, 4.69) is 41.9 Å². The zero-order valence-electron chi connectivity index (χ0n) is 11.9. The predicted molar refractivity (Wildman–Crippen MR) is 86.2 cm³/mol. The molecule has 110 valence electrons. The number of likely N-dealkylation sites (tertiary alicyclic amines) is 1. The van der Waals surface area contributed by atoms with Gasteiger partial charge in [-0.3, -0.25) is 4.79 Å². The fraction of sp³-hybridized carbons (Fsp3) is 0.533. The number of hydrogen-bond donors (Lipinski definition) is 1. The normalized spacial score (nSPS) is 19.2. The van der Waals surface area contributed by atoms with Crippen LogP contribution in [0, 0.1) is 13.8 Å². The molecular formula is C15H20BrNO2S. The van der Waals surface area contributed by atoms with E-state index in [1.54, 1.807) is 16.7 Å². The fourth-order valence-corrected chi connectivity index (χ4v) is 3.79. The van der Waals surface area contributed by atoms with E-state index in [0.717, 1.165) is 28.8 Å². The molecule has 0 aliphatic carbocycles. The molecule has 1 heterocycles. The van der Waals surface area contributed by atoms with Gasteiger partial charge in [-0.25, -0.2) is 0 Å². The lowest BCUT2D eigenvalue weighted by atomic mass is 10.1. The van der Waals surface area contributed by atoms with Crippen LogP contribution in [0.5, 0.6) is 0 Å². The quantitative estimate of drug-likeness (QED) is 0.844. The van der Waals surface area contributed by atoms with Gasteiger partial charge in [0.2, 0.25) is 5.91 Å². The number of rotatable bonds is 3. The Bertz CT molecular complexity index is 507. The molecule has 1 aliphatic heterocycles. The second kappa shape index (κ2) is 6.96. The highest BCUT2D eigenvalue weighted by atomic mass is 79.9. The highest BCUT2D eigenvalue weighted by molar-refractivity contribution is 9.10. The van der Waals surface area contributed by atoms with Crippen molar-refractivity contribution in [1.29, 1.82) is 0 Å². The number of β-amino-alcohol motifs (C(OH)–C–C–N with tert-alkyl or cyclic N) is 1. The largest absolute Gasteiger partial charge is 0.391 e. The summed E-state index contributed by atoms with van der Waals surface area (Å²) in [6, 6.07) is 4.20. The molecule has 5 heteroatoms. The van der Waals surface area contributed by atoms with Gasteiger partial charge in [-0.15, -0.1) is 11.8 Å². The molecule has 3 nitrogen and oxygen atoms in total. The Labute approximate surface area is 132 Å². The third kappa shape index (κ3) is 3.99. The third-order valence-corrected chi connectivity index (χ3v) is 5.55. The van der Waals surface area contributed by atoms with Gasteiger partial charge in [-0.2, -0.15) is 0 Å². The van der Waals surface area contributed by atoms with Crippen LogP contribution in [0.1, 0.15) is 24.0 Å². The van der Waals surface area contributed by atoms with E-state index in [1.807, 2.05) is 0 Å². The summed E-state index contributed by atoms with van der Waals surface area (Å²) in [7, 11) is 0. The summed E-state index contributed by atoms with van der Waals surface area (Å²) in [5.74, 6) is 0.558. The average Bonchev–Trinajstić information content (AvgIpc) is 2.41. The SMILES string of the molecule is Cc1cc(SCC(=O)N2CCC[C@H](O)C2)c(C)cc1Br. The number of carbonyl (C=O) groups is 1. The van der Waals surface area contributed by atoms with Crippen molar-refractivity contribution in [3.05, 3.63) is 27.7 Å². The first-order valence-corrected chi connectivity index (χ1v) is 8.60. The molecule has 0 radical (unpaired) electrons. The van der Waals surface area contributed by atoms with E-state index < -0.39 is 0 Å². The fourth-order valence-electron chi connectivity index (χ4n) is 2.32. The van der Waals surface area contributed by atoms with Gasteiger partial charge >= 0.3 is 0 Å². The van der Waals surface area contributed by atoms with Crippen LogP contribution in [0.2, 0.25) is 0 Å². The average molecular weight is 358 g/mol.